The van der Waals surface area contributed by atoms with Crippen LogP contribution in [0.1, 0.15) is 42.5 Å². The number of ether oxygens (including phenoxy) is 1. The van der Waals surface area contributed by atoms with Crippen molar-refractivity contribution < 1.29 is 9.53 Å². The van der Waals surface area contributed by atoms with Crippen LogP contribution in [0.25, 0.3) is 11.1 Å². The van der Waals surface area contributed by atoms with Crippen LogP contribution >= 0.6 is 0 Å². The first kappa shape index (κ1) is 23.3. The largest absolute Gasteiger partial charge is 0.497 e. The van der Waals surface area contributed by atoms with E-state index in [4.69, 9.17) is 4.74 Å². The number of amides is 1. The molecule has 0 bridgehead atoms. The van der Waals surface area contributed by atoms with Crippen molar-refractivity contribution in [1.29, 1.82) is 0 Å². The van der Waals surface area contributed by atoms with Crippen molar-refractivity contribution in [1.82, 2.24) is 19.8 Å². The molecule has 2 saturated heterocycles. The van der Waals surface area contributed by atoms with Gasteiger partial charge in [-0.15, -0.1) is 0 Å². The van der Waals surface area contributed by atoms with E-state index in [0.717, 1.165) is 48.5 Å². The molecule has 0 radical (unpaired) electrons. The highest BCUT2D eigenvalue weighted by Gasteiger charge is 2.28. The van der Waals surface area contributed by atoms with Crippen LogP contribution in [0.2, 0.25) is 0 Å². The Balaban J connectivity index is 1.19. The summed E-state index contributed by atoms with van der Waals surface area (Å²) in [6.07, 6.45) is 9.70. The van der Waals surface area contributed by atoms with Crippen LogP contribution in [-0.4, -0.2) is 65.0 Å². The van der Waals surface area contributed by atoms with Gasteiger partial charge in [-0.05, 0) is 74.7 Å². The summed E-state index contributed by atoms with van der Waals surface area (Å²) < 4.78 is 5.22. The lowest BCUT2D eigenvalue weighted by atomic mass is 9.99. The van der Waals surface area contributed by atoms with E-state index in [2.05, 4.69) is 20.2 Å². The number of benzene rings is 2. The zero-order chi connectivity index (χ0) is 24.0. The Bertz CT molecular complexity index is 1120. The Labute approximate surface area is 207 Å². The maximum atomic E-state index is 13.2. The van der Waals surface area contributed by atoms with Gasteiger partial charge in [0.2, 0.25) is 5.95 Å². The summed E-state index contributed by atoms with van der Waals surface area (Å²) in [7, 11) is 1.65. The number of piperidine rings is 2. The molecule has 35 heavy (non-hydrogen) atoms. The first-order chi connectivity index (χ1) is 17.2. The fraction of sp³-hybridized carbons (Fsp3) is 0.393. The second-order valence-electron chi connectivity index (χ2n) is 9.35. The second kappa shape index (κ2) is 10.9. The molecule has 0 unspecified atom stereocenters. The van der Waals surface area contributed by atoms with Gasteiger partial charge in [0.1, 0.15) is 5.75 Å². The fourth-order valence-corrected chi connectivity index (χ4v) is 5.08. The van der Waals surface area contributed by atoms with E-state index < -0.39 is 0 Å². The van der Waals surface area contributed by atoms with Crippen LogP contribution in [0, 0.1) is 0 Å². The number of hydrogen-bond acceptors (Lipinski definition) is 6. The van der Waals surface area contributed by atoms with Crippen LogP contribution in [0.5, 0.6) is 5.75 Å². The molecule has 2 aromatic carbocycles. The molecule has 7 heteroatoms. The summed E-state index contributed by atoms with van der Waals surface area (Å²) in [5.41, 5.74) is 3.45. The molecular formula is C28H33N5O2. The minimum atomic E-state index is 0.0986. The molecule has 0 saturated carbocycles. The minimum absolute atomic E-state index is 0.0986. The summed E-state index contributed by atoms with van der Waals surface area (Å²) in [5, 5.41) is 3.23. The average Bonchev–Trinajstić information content (AvgIpc) is 2.94. The summed E-state index contributed by atoms with van der Waals surface area (Å²) in [6.45, 7) is 4.09. The Morgan fingerprint density at radius 1 is 0.914 bits per heavy atom. The third-order valence-corrected chi connectivity index (χ3v) is 7.10. The first-order valence-electron chi connectivity index (χ1n) is 12.6. The Kier molecular flexibility index (Phi) is 7.23. The topological polar surface area (TPSA) is 70.6 Å². The lowest BCUT2D eigenvalue weighted by Crippen LogP contribution is -2.48. The Hall–Kier alpha value is -3.45. The third-order valence-electron chi connectivity index (χ3n) is 7.10. The summed E-state index contributed by atoms with van der Waals surface area (Å²) in [6, 6.07) is 16.0. The Morgan fingerprint density at radius 2 is 1.63 bits per heavy atom. The number of likely N-dealkylation sites (tertiary alicyclic amines) is 2. The van der Waals surface area contributed by atoms with Gasteiger partial charge in [-0.2, -0.15) is 0 Å². The molecule has 2 aliphatic rings. The molecule has 7 nitrogen and oxygen atoms in total. The van der Waals surface area contributed by atoms with Gasteiger partial charge in [-0.25, -0.2) is 9.97 Å². The average molecular weight is 472 g/mol. The standard InChI is InChI=1S/C28H33N5O2/c1-35-26-10-8-21(9-11-26)23-19-29-28(30-20-23)31-24-7-5-6-22(18-24)27(34)33-16-12-25(13-17-33)32-14-3-2-4-15-32/h5-11,18-20,25H,2-4,12-17H2,1H3,(H,29,30,31). The van der Waals surface area contributed by atoms with Gasteiger partial charge in [0.15, 0.2) is 0 Å². The minimum Gasteiger partial charge on any atom is -0.497 e. The highest BCUT2D eigenvalue weighted by Crippen LogP contribution is 2.24. The smallest absolute Gasteiger partial charge is 0.253 e. The number of nitrogens with zero attached hydrogens (tertiary/aromatic N) is 4. The van der Waals surface area contributed by atoms with Gasteiger partial charge in [-0.3, -0.25) is 4.79 Å². The predicted octanol–water partition coefficient (Wildman–Crippen LogP) is 4.99. The number of hydrogen-bond donors (Lipinski definition) is 1. The zero-order valence-electron chi connectivity index (χ0n) is 20.3. The van der Waals surface area contributed by atoms with E-state index in [1.54, 1.807) is 19.5 Å². The fourth-order valence-electron chi connectivity index (χ4n) is 5.08. The van der Waals surface area contributed by atoms with Gasteiger partial charge in [-0.1, -0.05) is 24.6 Å². The van der Waals surface area contributed by atoms with Crippen molar-refractivity contribution in [2.24, 2.45) is 0 Å². The maximum Gasteiger partial charge on any atom is 0.253 e. The highest BCUT2D eigenvalue weighted by molar-refractivity contribution is 5.95. The molecule has 3 heterocycles. The lowest BCUT2D eigenvalue weighted by molar-refractivity contribution is 0.0590. The van der Waals surface area contributed by atoms with E-state index in [1.807, 2.05) is 53.4 Å². The summed E-state index contributed by atoms with van der Waals surface area (Å²) in [5.74, 6) is 1.41. The van der Waals surface area contributed by atoms with Crippen molar-refractivity contribution >= 4 is 17.5 Å². The van der Waals surface area contributed by atoms with Crippen LogP contribution in [-0.2, 0) is 0 Å². The monoisotopic (exact) mass is 471 g/mol. The van der Waals surface area contributed by atoms with Crippen molar-refractivity contribution in [3.8, 4) is 16.9 Å². The van der Waals surface area contributed by atoms with E-state index in [1.165, 1.54) is 32.4 Å². The molecule has 0 spiro atoms. The number of anilines is 2. The van der Waals surface area contributed by atoms with Crippen LogP contribution in [0.4, 0.5) is 11.6 Å². The van der Waals surface area contributed by atoms with Crippen molar-refractivity contribution in [2.45, 2.75) is 38.1 Å². The highest BCUT2D eigenvalue weighted by atomic mass is 16.5. The molecule has 1 amide bonds. The molecule has 1 N–H and O–H groups in total. The predicted molar refractivity (Wildman–Crippen MR) is 138 cm³/mol. The molecule has 2 fully saturated rings. The number of aromatic nitrogens is 2. The van der Waals surface area contributed by atoms with E-state index in [9.17, 15) is 4.79 Å². The molecule has 2 aliphatic heterocycles. The molecule has 0 atom stereocenters. The summed E-state index contributed by atoms with van der Waals surface area (Å²) >= 11 is 0. The number of rotatable bonds is 6. The van der Waals surface area contributed by atoms with Crippen molar-refractivity contribution in [3.63, 3.8) is 0 Å². The lowest BCUT2D eigenvalue weighted by Gasteiger charge is -2.40. The van der Waals surface area contributed by atoms with E-state index in [0.29, 0.717) is 17.6 Å². The quantitative estimate of drug-likeness (QED) is 0.546. The van der Waals surface area contributed by atoms with Crippen LogP contribution in [0.15, 0.2) is 60.9 Å². The number of nitrogens with one attached hydrogen (secondary N) is 1. The zero-order valence-corrected chi connectivity index (χ0v) is 20.3. The normalized spacial score (nSPS) is 17.2. The summed E-state index contributed by atoms with van der Waals surface area (Å²) in [4.78, 5) is 26.7. The SMILES string of the molecule is COc1ccc(-c2cnc(Nc3cccc(C(=O)N4CCC(N5CCCCC5)CC4)c3)nc2)cc1. The van der Waals surface area contributed by atoms with Crippen LogP contribution in [0.3, 0.4) is 0 Å². The van der Waals surface area contributed by atoms with E-state index in [-0.39, 0.29) is 5.91 Å². The Morgan fingerprint density at radius 3 is 2.31 bits per heavy atom. The van der Waals surface area contributed by atoms with Gasteiger partial charge in [0.25, 0.3) is 5.91 Å². The maximum absolute atomic E-state index is 13.2. The molecule has 182 valence electrons. The van der Waals surface area contributed by atoms with Gasteiger partial charge < -0.3 is 19.9 Å². The molecule has 3 aromatic rings. The van der Waals surface area contributed by atoms with E-state index >= 15 is 0 Å². The first-order valence-corrected chi connectivity index (χ1v) is 12.6. The molecule has 5 rings (SSSR count). The van der Waals surface area contributed by atoms with Gasteiger partial charge in [0.05, 0.1) is 7.11 Å². The van der Waals surface area contributed by atoms with Gasteiger partial charge >= 0.3 is 0 Å². The number of carbonyl (C=O) groups excluding carboxylic acids is 1. The number of carbonyl (C=O) groups is 1. The number of methoxy groups -OCH3 is 1. The second-order valence-corrected chi connectivity index (χ2v) is 9.35. The van der Waals surface area contributed by atoms with Crippen molar-refractivity contribution in [2.75, 3.05) is 38.6 Å². The molecule has 1 aromatic heterocycles. The van der Waals surface area contributed by atoms with Crippen LogP contribution < -0.4 is 10.1 Å². The third kappa shape index (κ3) is 5.62. The van der Waals surface area contributed by atoms with Crippen molar-refractivity contribution in [3.05, 3.63) is 66.5 Å². The van der Waals surface area contributed by atoms with Gasteiger partial charge in [0, 0.05) is 48.3 Å². The molecular weight excluding hydrogens is 438 g/mol. The molecule has 0 aliphatic carbocycles.